The summed E-state index contributed by atoms with van der Waals surface area (Å²) in [4.78, 5) is 0. The Labute approximate surface area is 299 Å². The minimum atomic E-state index is -0.813. The Morgan fingerprint density at radius 2 is 1.15 bits per heavy atom. The Morgan fingerprint density at radius 1 is 0.646 bits per heavy atom. The molecule has 0 unspecified atom stereocenters. The number of fused-ring (bicyclic) bond motifs is 3. The van der Waals surface area contributed by atoms with Gasteiger partial charge in [-0.25, -0.2) is 8.78 Å². The average molecular weight is 799 g/mol. The molecule has 3 heteroatoms. The van der Waals surface area contributed by atoms with E-state index in [0.717, 1.165) is 30.0 Å². The van der Waals surface area contributed by atoms with E-state index in [1.54, 1.807) is 12.1 Å². The molecule has 1 aliphatic carbocycles. The normalized spacial score (nSPS) is 12.7. The van der Waals surface area contributed by atoms with Crippen molar-refractivity contribution in [2.45, 2.75) is 58.8 Å². The first-order valence-corrected chi connectivity index (χ1v) is 18.2. The molecule has 0 aliphatic heterocycles. The van der Waals surface area contributed by atoms with Crippen LogP contribution in [0, 0.1) is 17.7 Å². The molecule has 6 aromatic rings. The van der Waals surface area contributed by atoms with Crippen LogP contribution in [0.2, 0.25) is 0 Å². The number of benzene rings is 5. The van der Waals surface area contributed by atoms with Gasteiger partial charge in [0.05, 0.1) is 0 Å². The summed E-state index contributed by atoms with van der Waals surface area (Å²) < 4.78 is 27.4. The summed E-state index contributed by atoms with van der Waals surface area (Å²) in [6, 6.07) is 41.5. The van der Waals surface area contributed by atoms with Crippen molar-refractivity contribution in [1.82, 2.24) is 0 Å². The van der Waals surface area contributed by atoms with Crippen molar-refractivity contribution >= 4 is 30.4 Å². The van der Waals surface area contributed by atoms with E-state index in [4.69, 9.17) is 0 Å². The molecule has 0 spiro atoms. The predicted octanol–water partition coefficient (Wildman–Crippen LogP) is 12.2. The average Bonchev–Trinajstić information content (AvgIpc) is 3.74. The summed E-state index contributed by atoms with van der Waals surface area (Å²) >= 11 is 1.08. The van der Waals surface area contributed by atoms with Crippen LogP contribution in [-0.2, 0) is 34.7 Å². The van der Waals surface area contributed by atoms with Crippen LogP contribution in [0.5, 0.6) is 0 Å². The molecule has 0 heterocycles. The SMILES string of the molecule is CC(C)(C)c1ccc2c(c1)[cH-]c1cc(C(C)(C)C)ccc12.Fc1cccc(C2=[C-]CC=C2)c1F.[Hf+2]=[C](c1ccccc1)c1ccccc1. The summed E-state index contributed by atoms with van der Waals surface area (Å²) in [5.41, 5.74) is 6.84. The standard InChI is InChI=1S/C21H25.C13H10.C11H7F2.Hf/c1-20(2,3)16-7-9-18-14(12-16)11-15-13-17(21(4,5)6)8-10-19(15)18;1-3-7-12(8-4-1)11-13-9-5-2-6-10-13;12-10-7-3-6-9(11(10)13)8-4-1-2-5-8;/h7-13H,1-6H3;1-10H;1,3-4,6-7H,2H2;/q-1;;-1;+2. The number of halogens is 2. The van der Waals surface area contributed by atoms with Crippen LogP contribution < -0.4 is 0 Å². The Balaban J connectivity index is 0.000000147. The van der Waals surface area contributed by atoms with E-state index in [1.165, 1.54) is 53.1 Å². The molecule has 0 radical (unpaired) electrons. The van der Waals surface area contributed by atoms with Gasteiger partial charge in [0, 0.05) is 0 Å². The van der Waals surface area contributed by atoms with E-state index < -0.39 is 11.6 Å². The van der Waals surface area contributed by atoms with E-state index in [0.29, 0.717) is 12.0 Å². The third-order valence-corrected chi connectivity index (χ3v) is 10.6. The number of rotatable bonds is 3. The Kier molecular flexibility index (Phi) is 11.1. The fraction of sp³-hybridized carbons (Fsp3) is 0.200. The van der Waals surface area contributed by atoms with Gasteiger partial charge in [0.25, 0.3) is 0 Å². The van der Waals surface area contributed by atoms with E-state index >= 15 is 0 Å². The molecule has 0 fully saturated rings. The van der Waals surface area contributed by atoms with Crippen molar-refractivity contribution in [3.63, 3.8) is 0 Å². The van der Waals surface area contributed by atoms with Gasteiger partial charge in [-0.1, -0.05) is 95.0 Å². The van der Waals surface area contributed by atoms with E-state index in [-0.39, 0.29) is 16.4 Å². The zero-order valence-corrected chi connectivity index (χ0v) is 32.3. The van der Waals surface area contributed by atoms with Gasteiger partial charge < -0.3 is 0 Å². The van der Waals surface area contributed by atoms with E-state index in [1.807, 2.05) is 6.08 Å². The second-order valence-electron chi connectivity index (χ2n) is 14.2. The summed E-state index contributed by atoms with van der Waals surface area (Å²) in [6.07, 6.45) is 7.22. The molecule has 0 N–H and O–H groups in total. The quantitative estimate of drug-likeness (QED) is 0.124. The van der Waals surface area contributed by atoms with Crippen LogP contribution in [0.4, 0.5) is 8.78 Å². The van der Waals surface area contributed by atoms with Crippen LogP contribution >= 0.6 is 0 Å². The van der Waals surface area contributed by atoms with Crippen LogP contribution in [-0.4, -0.2) is 3.26 Å². The van der Waals surface area contributed by atoms with Gasteiger partial charge in [0.1, 0.15) is 11.6 Å². The van der Waals surface area contributed by atoms with Crippen molar-refractivity contribution < 1.29 is 32.7 Å². The molecule has 6 aromatic carbocycles. The molecule has 0 nitrogen and oxygen atoms in total. The Hall–Kier alpha value is -3.95. The predicted molar refractivity (Wildman–Crippen MR) is 197 cm³/mol. The summed E-state index contributed by atoms with van der Waals surface area (Å²) in [5.74, 6) is -1.61. The second kappa shape index (κ2) is 15.1. The molecule has 48 heavy (non-hydrogen) atoms. The first kappa shape index (κ1) is 35.4. The van der Waals surface area contributed by atoms with Gasteiger partial charge in [-0.2, -0.15) is 17.7 Å². The van der Waals surface area contributed by atoms with Gasteiger partial charge in [-0.05, 0) is 16.9 Å². The molecule has 0 saturated heterocycles. The molecular weight excluding hydrogens is 757 g/mol. The van der Waals surface area contributed by atoms with Crippen LogP contribution in [0.15, 0.2) is 133 Å². The van der Waals surface area contributed by atoms with Crippen LogP contribution in [0.1, 0.15) is 75.8 Å². The fourth-order valence-electron chi connectivity index (χ4n) is 5.63. The molecule has 0 atom stereocenters. The van der Waals surface area contributed by atoms with E-state index in [2.05, 4.69) is 151 Å². The maximum atomic E-state index is 13.2. The summed E-state index contributed by atoms with van der Waals surface area (Å²) in [6.45, 7) is 13.6. The number of hydrogen-bond acceptors (Lipinski definition) is 0. The van der Waals surface area contributed by atoms with Gasteiger partial charge in [0.2, 0.25) is 0 Å². The molecule has 240 valence electrons. The first-order valence-electron chi connectivity index (χ1n) is 16.4. The van der Waals surface area contributed by atoms with Crippen molar-refractivity contribution in [3.8, 4) is 0 Å². The third kappa shape index (κ3) is 8.55. The summed E-state index contributed by atoms with van der Waals surface area (Å²) in [7, 11) is 0. The number of hydrogen-bond donors (Lipinski definition) is 0. The molecule has 0 saturated carbocycles. The van der Waals surface area contributed by atoms with E-state index in [9.17, 15) is 8.78 Å². The van der Waals surface area contributed by atoms with Gasteiger partial charge in [-0.3, -0.25) is 0 Å². The molecule has 0 aromatic heterocycles. The van der Waals surface area contributed by atoms with Crippen molar-refractivity contribution in [2.75, 3.05) is 0 Å². The molecular formula is C45H42F2Hf. The molecule has 1 aliphatic rings. The van der Waals surface area contributed by atoms with Crippen LogP contribution in [0.3, 0.4) is 0 Å². The maximum absolute atomic E-state index is 13.2. The Morgan fingerprint density at radius 3 is 1.58 bits per heavy atom. The van der Waals surface area contributed by atoms with Crippen molar-refractivity contribution in [2.24, 2.45) is 0 Å². The Bertz CT molecular complexity index is 1970. The summed E-state index contributed by atoms with van der Waals surface area (Å²) in [5, 5.41) is 5.48. The molecule has 0 bridgehead atoms. The second-order valence-corrected chi connectivity index (χ2v) is 16.0. The van der Waals surface area contributed by atoms with Crippen LogP contribution in [0.25, 0.3) is 27.1 Å². The minimum absolute atomic E-state index is 0.203. The van der Waals surface area contributed by atoms with Gasteiger partial charge in [0.15, 0.2) is 0 Å². The van der Waals surface area contributed by atoms with Gasteiger partial charge in [-0.15, -0.1) is 51.9 Å². The zero-order valence-electron chi connectivity index (χ0n) is 28.7. The monoisotopic (exact) mass is 800 g/mol. The first-order chi connectivity index (χ1) is 22.8. The molecule has 7 rings (SSSR count). The van der Waals surface area contributed by atoms with Crippen molar-refractivity contribution in [3.05, 3.63) is 179 Å². The van der Waals surface area contributed by atoms with Gasteiger partial charge >= 0.3 is 98.9 Å². The molecule has 0 amide bonds. The van der Waals surface area contributed by atoms with Crippen molar-refractivity contribution in [1.29, 1.82) is 0 Å². The third-order valence-electron chi connectivity index (χ3n) is 8.50. The number of allylic oxidation sites excluding steroid dienone is 4. The fourth-order valence-corrected chi connectivity index (χ4v) is 6.83. The topological polar surface area (TPSA) is 0 Å². The zero-order chi connectivity index (χ0) is 34.5.